The smallest absolute Gasteiger partial charge is 1.00 e. The van der Waals surface area contributed by atoms with Gasteiger partial charge in [0.15, 0.2) is 14.1 Å². The van der Waals surface area contributed by atoms with E-state index in [0.717, 1.165) is 88.7 Å². The molecule has 2 saturated heterocycles. The monoisotopic (exact) mass is 1030 g/mol. The molecule has 0 unspecified atom stereocenters. The number of aliphatic imine (C=N–C) groups is 2. The molecule has 0 aromatic heterocycles. The van der Waals surface area contributed by atoms with E-state index in [9.17, 15) is 0 Å². The molecule has 4 aromatic carbocycles. The number of hydrogen-bond acceptors (Lipinski definition) is 8. The third-order valence-corrected chi connectivity index (χ3v) is 8.22. The van der Waals surface area contributed by atoms with Crippen molar-refractivity contribution in [3.63, 3.8) is 0 Å². The quantitative estimate of drug-likeness (QED) is 0.0980. The van der Waals surface area contributed by atoms with Crippen LogP contribution in [-0.2, 0) is 21.1 Å². The molecule has 0 spiro atoms. The second-order valence-electron chi connectivity index (χ2n) is 12.6. The predicted molar refractivity (Wildman–Crippen MR) is 225 cm³/mol. The first-order valence-corrected chi connectivity index (χ1v) is 18.3. The van der Waals surface area contributed by atoms with Crippen molar-refractivity contribution >= 4 is 46.6 Å². The summed E-state index contributed by atoms with van der Waals surface area (Å²) in [5.74, 6) is 1.39. The van der Waals surface area contributed by atoms with Gasteiger partial charge in [-0.3, -0.25) is 40.8 Å². The van der Waals surface area contributed by atoms with Gasteiger partial charge in [-0.1, -0.05) is 72.8 Å². The van der Waals surface area contributed by atoms with Gasteiger partial charge < -0.3 is 46.1 Å². The maximum absolute atomic E-state index is 8.81. The van der Waals surface area contributed by atoms with Crippen LogP contribution in [-0.4, -0.2) is 83.8 Å². The number of piperidine rings is 2. The van der Waals surface area contributed by atoms with Crippen LogP contribution in [0.15, 0.2) is 131 Å². The predicted octanol–water partition coefficient (Wildman–Crippen LogP) is 0.911. The summed E-state index contributed by atoms with van der Waals surface area (Å²) in [7, 11) is 1.78. The Morgan fingerprint density at radius 3 is 1.03 bits per heavy atom. The minimum atomic E-state index is -0.500. The number of guanidine groups is 4. The van der Waals surface area contributed by atoms with Crippen molar-refractivity contribution in [1.82, 2.24) is 9.80 Å². The molecule has 16 nitrogen and oxygen atoms in total. The molecule has 320 valence electrons. The van der Waals surface area contributed by atoms with Gasteiger partial charge in [0.1, 0.15) is 0 Å². The van der Waals surface area contributed by atoms with Gasteiger partial charge >= 0.3 is 21.1 Å². The number of para-hydroxylation sites is 4. The SMILES string of the molecule is C[N+](=O)[O-].C[N+](=O)[O-].N=C(N1CCCCC1)N(C(N)=Nc1ccccc1)c1ccccc1.N=C(N1CCCCC1)N(C(N)=Nc1ccccc1)c1ccccc1.[Cl-].[Cl-].[Pt+2]. The van der Waals surface area contributed by atoms with E-state index < -0.39 is 9.85 Å². The van der Waals surface area contributed by atoms with Gasteiger partial charge in [-0.05, 0) is 87.1 Å². The van der Waals surface area contributed by atoms with Crippen LogP contribution in [0.1, 0.15) is 38.5 Å². The molecule has 2 fully saturated rings. The van der Waals surface area contributed by atoms with Gasteiger partial charge in [0.25, 0.3) is 0 Å². The standard InChI is InChI=1S/2C19H23N5.2CH3NO2.2ClH.Pt/c2*20-18(22-16-10-4-1-5-11-16)24(17-12-6-2-7-13-17)19(21)23-14-8-3-9-15-23;2*1-2(3)4;;;/h2*1-2,4-7,10-13,21H,3,8-9,14-15H2,(H2,20,22);2*1H3;2*1H;/q;;;;;;+2/p-2. The number of nitro groups is 2. The van der Waals surface area contributed by atoms with Crippen molar-refractivity contribution in [3.8, 4) is 0 Å². The Labute approximate surface area is 372 Å². The van der Waals surface area contributed by atoms with Crippen LogP contribution in [0.4, 0.5) is 22.7 Å². The average molecular weight is 1030 g/mol. The number of nitrogens with two attached hydrogens (primary N) is 2. The molecule has 0 saturated carbocycles. The molecular formula is C40H52Cl2N12O4Pt. The summed E-state index contributed by atoms with van der Waals surface area (Å²) in [5.41, 5.74) is 15.9. The largest absolute Gasteiger partial charge is 2.00 e. The Balaban J connectivity index is 0.000000925. The molecule has 0 aliphatic carbocycles. The third-order valence-electron chi connectivity index (χ3n) is 8.22. The Bertz CT molecular complexity index is 1730. The fraction of sp³-hybridized carbons (Fsp3) is 0.300. The first kappa shape index (κ1) is 53.4. The number of nitrogens with one attached hydrogen (secondary N) is 2. The third kappa shape index (κ3) is 19.6. The maximum Gasteiger partial charge on any atom is 2.00 e. The average Bonchev–Trinajstić information content (AvgIpc) is 3.20. The van der Waals surface area contributed by atoms with Crippen molar-refractivity contribution in [1.29, 1.82) is 10.8 Å². The molecule has 0 atom stereocenters. The summed E-state index contributed by atoms with van der Waals surface area (Å²) in [4.78, 5) is 33.2. The van der Waals surface area contributed by atoms with Crippen LogP contribution in [0, 0.1) is 31.0 Å². The van der Waals surface area contributed by atoms with E-state index >= 15 is 0 Å². The molecule has 6 rings (SSSR count). The number of likely N-dealkylation sites (tertiary alicyclic amines) is 2. The van der Waals surface area contributed by atoms with E-state index in [2.05, 4.69) is 19.8 Å². The molecule has 2 aliphatic rings. The number of halogens is 2. The molecule has 6 N–H and O–H groups in total. The summed E-state index contributed by atoms with van der Waals surface area (Å²) in [6, 6.07) is 38.7. The topological polar surface area (TPSA) is 224 Å². The minimum Gasteiger partial charge on any atom is -1.00 e. The number of rotatable bonds is 4. The first-order valence-electron chi connectivity index (χ1n) is 18.3. The van der Waals surface area contributed by atoms with Gasteiger partial charge in [0.05, 0.1) is 22.7 Å². The van der Waals surface area contributed by atoms with Gasteiger partial charge in [0.2, 0.25) is 23.8 Å². The Kier molecular flexibility index (Phi) is 26.8. The molecule has 2 heterocycles. The van der Waals surface area contributed by atoms with E-state index in [1.165, 1.54) is 12.8 Å². The van der Waals surface area contributed by atoms with E-state index in [4.69, 9.17) is 42.5 Å². The van der Waals surface area contributed by atoms with Crippen molar-refractivity contribution in [3.05, 3.63) is 142 Å². The van der Waals surface area contributed by atoms with E-state index in [1.54, 1.807) is 9.80 Å². The van der Waals surface area contributed by atoms with Crippen LogP contribution < -0.4 is 46.1 Å². The summed E-state index contributed by atoms with van der Waals surface area (Å²) in [6.45, 7) is 3.56. The second kappa shape index (κ2) is 29.6. The van der Waals surface area contributed by atoms with Crippen LogP contribution in [0.5, 0.6) is 0 Å². The summed E-state index contributed by atoms with van der Waals surface area (Å²) in [5, 5.41) is 34.9. The van der Waals surface area contributed by atoms with Gasteiger partial charge in [-0.2, -0.15) is 0 Å². The summed E-state index contributed by atoms with van der Waals surface area (Å²) < 4.78 is 0. The Morgan fingerprint density at radius 2 is 0.780 bits per heavy atom. The van der Waals surface area contributed by atoms with Crippen LogP contribution >= 0.6 is 0 Å². The van der Waals surface area contributed by atoms with Crippen LogP contribution in [0.3, 0.4) is 0 Å². The zero-order valence-electron chi connectivity index (χ0n) is 33.1. The molecule has 0 radical (unpaired) electrons. The second-order valence-corrected chi connectivity index (χ2v) is 12.6. The first-order chi connectivity index (χ1) is 27.0. The van der Waals surface area contributed by atoms with Gasteiger partial charge in [-0.15, -0.1) is 0 Å². The molecule has 59 heavy (non-hydrogen) atoms. The number of hydrogen-bond donors (Lipinski definition) is 4. The fourth-order valence-corrected chi connectivity index (χ4v) is 5.74. The van der Waals surface area contributed by atoms with E-state index in [1.807, 2.05) is 121 Å². The van der Waals surface area contributed by atoms with Crippen molar-refractivity contribution in [2.45, 2.75) is 38.5 Å². The molecule has 4 aromatic rings. The van der Waals surface area contributed by atoms with Gasteiger partial charge in [-0.25, -0.2) is 9.98 Å². The van der Waals surface area contributed by atoms with Crippen molar-refractivity contribution in [2.24, 2.45) is 21.5 Å². The zero-order chi connectivity index (χ0) is 40.7. The Morgan fingerprint density at radius 1 is 0.542 bits per heavy atom. The van der Waals surface area contributed by atoms with Crippen LogP contribution in [0.25, 0.3) is 0 Å². The molecule has 2 aliphatic heterocycles. The summed E-state index contributed by atoms with van der Waals surface area (Å²) in [6.07, 6.45) is 6.90. The number of anilines is 2. The molecule has 0 amide bonds. The van der Waals surface area contributed by atoms with Crippen molar-refractivity contribution in [2.75, 3.05) is 50.1 Å². The number of nitrogens with zero attached hydrogens (tertiary/aromatic N) is 8. The normalized spacial score (nSPS) is 13.2. The molecular weight excluding hydrogens is 979 g/mol. The zero-order valence-corrected chi connectivity index (χ0v) is 36.8. The van der Waals surface area contributed by atoms with E-state index in [0.29, 0.717) is 23.8 Å². The Hall–Kier alpha value is -5.57. The van der Waals surface area contributed by atoms with Crippen molar-refractivity contribution < 1.29 is 55.7 Å². The minimum absolute atomic E-state index is 0. The fourth-order valence-electron chi connectivity index (χ4n) is 5.74. The van der Waals surface area contributed by atoms with Crippen LogP contribution in [0.2, 0.25) is 0 Å². The van der Waals surface area contributed by atoms with E-state index in [-0.39, 0.29) is 45.9 Å². The number of benzene rings is 4. The van der Waals surface area contributed by atoms with Gasteiger partial charge in [0, 0.05) is 36.0 Å². The summed E-state index contributed by atoms with van der Waals surface area (Å²) >= 11 is 0. The molecule has 0 bridgehead atoms. The maximum atomic E-state index is 8.81. The molecule has 19 heteroatoms.